The number of carbonyl (C=O) groups excluding carboxylic acids is 1. The topological polar surface area (TPSA) is 90.7 Å². The molecule has 2 aliphatic heterocycles. The van der Waals surface area contributed by atoms with E-state index < -0.39 is 21.5 Å². The number of nitrogens with zero attached hydrogens (tertiary/aromatic N) is 3. The molecule has 39 heavy (non-hydrogen) atoms. The highest BCUT2D eigenvalue weighted by atomic mass is 32.2. The third-order valence-corrected chi connectivity index (χ3v) is 8.62. The van der Waals surface area contributed by atoms with Gasteiger partial charge in [-0.15, -0.1) is 0 Å². The molecule has 2 saturated heterocycles. The van der Waals surface area contributed by atoms with Gasteiger partial charge in [-0.1, -0.05) is 18.2 Å². The summed E-state index contributed by atoms with van der Waals surface area (Å²) >= 11 is 0. The summed E-state index contributed by atoms with van der Waals surface area (Å²) in [6, 6.07) is 10.8. The second-order valence-corrected chi connectivity index (χ2v) is 11.9. The fourth-order valence-corrected chi connectivity index (χ4v) is 6.57. The number of aromatic nitrogens is 2. The first kappa shape index (κ1) is 27.4. The van der Waals surface area contributed by atoms with Gasteiger partial charge < -0.3 is 18.9 Å². The lowest BCUT2D eigenvalue weighted by atomic mass is 10.1. The van der Waals surface area contributed by atoms with Crippen molar-refractivity contribution in [3.8, 4) is 0 Å². The summed E-state index contributed by atoms with van der Waals surface area (Å²) in [5.41, 5.74) is 1.15. The van der Waals surface area contributed by atoms with Gasteiger partial charge in [0.05, 0.1) is 42.9 Å². The molecule has 0 N–H and O–H groups in total. The van der Waals surface area contributed by atoms with Crippen molar-refractivity contribution in [1.82, 2.24) is 14.5 Å². The lowest BCUT2D eigenvalue weighted by Crippen LogP contribution is -2.38. The van der Waals surface area contributed by atoms with Gasteiger partial charge in [0.1, 0.15) is 11.6 Å². The van der Waals surface area contributed by atoms with E-state index in [2.05, 4.69) is 4.98 Å². The van der Waals surface area contributed by atoms with E-state index in [1.165, 1.54) is 48.7 Å². The molecule has 8 nitrogen and oxygen atoms in total. The Morgan fingerprint density at radius 3 is 2.38 bits per heavy atom. The molecule has 1 amide bonds. The molecule has 208 valence electrons. The SMILES string of the molecule is O=C(c1cccc(F)c1)N(Cc1cnc(S(=O)(=O)Cc2ccc(F)cc2)n1C[C@@H]1CCCO1)C[C@H]1CCCO1. The summed E-state index contributed by atoms with van der Waals surface area (Å²) in [6.45, 7) is 1.79. The van der Waals surface area contributed by atoms with Crippen LogP contribution in [0.3, 0.4) is 0 Å². The van der Waals surface area contributed by atoms with Gasteiger partial charge in [0.2, 0.25) is 15.0 Å². The van der Waals surface area contributed by atoms with Crippen molar-refractivity contribution < 1.29 is 31.5 Å². The quantitative estimate of drug-likeness (QED) is 0.371. The highest BCUT2D eigenvalue weighted by molar-refractivity contribution is 7.90. The van der Waals surface area contributed by atoms with Crippen molar-refractivity contribution in [2.24, 2.45) is 0 Å². The predicted molar refractivity (Wildman–Crippen MR) is 139 cm³/mol. The molecule has 0 unspecified atom stereocenters. The molecular formula is C28H31F2N3O5S. The number of halogens is 2. The van der Waals surface area contributed by atoms with Crippen molar-refractivity contribution in [3.05, 3.63) is 83.2 Å². The Bertz CT molecular complexity index is 1400. The molecule has 2 aliphatic rings. The van der Waals surface area contributed by atoms with Crippen LogP contribution in [0.15, 0.2) is 59.9 Å². The number of imidazole rings is 1. The Hall–Kier alpha value is -3.15. The van der Waals surface area contributed by atoms with E-state index in [1.54, 1.807) is 15.5 Å². The second kappa shape index (κ2) is 11.9. The van der Waals surface area contributed by atoms with Gasteiger partial charge in [0.25, 0.3) is 5.91 Å². The average Bonchev–Trinajstić information content (AvgIpc) is 3.69. The molecule has 0 saturated carbocycles. The van der Waals surface area contributed by atoms with Gasteiger partial charge >= 0.3 is 0 Å². The number of amides is 1. The van der Waals surface area contributed by atoms with E-state index >= 15 is 0 Å². The first-order chi connectivity index (χ1) is 18.8. The van der Waals surface area contributed by atoms with E-state index in [0.717, 1.165) is 25.7 Å². The molecule has 3 aromatic rings. The number of ether oxygens (including phenoxy) is 2. The van der Waals surface area contributed by atoms with E-state index in [4.69, 9.17) is 9.47 Å². The molecule has 0 radical (unpaired) electrons. The highest BCUT2D eigenvalue weighted by Gasteiger charge is 2.30. The minimum absolute atomic E-state index is 0.0565. The van der Waals surface area contributed by atoms with Crippen LogP contribution in [0.2, 0.25) is 0 Å². The van der Waals surface area contributed by atoms with Crippen molar-refractivity contribution >= 4 is 15.7 Å². The van der Waals surface area contributed by atoms with Crippen molar-refractivity contribution in [2.45, 2.75) is 61.9 Å². The molecule has 1 aromatic heterocycles. The lowest BCUT2D eigenvalue weighted by Gasteiger charge is -2.26. The molecule has 0 bridgehead atoms. The number of carbonyl (C=O) groups is 1. The fourth-order valence-electron chi connectivity index (χ4n) is 5.07. The van der Waals surface area contributed by atoms with Crippen LogP contribution in [-0.2, 0) is 38.2 Å². The predicted octanol–water partition coefficient (Wildman–Crippen LogP) is 4.14. The Morgan fingerprint density at radius 1 is 1.00 bits per heavy atom. The zero-order valence-electron chi connectivity index (χ0n) is 21.5. The van der Waals surface area contributed by atoms with Crippen molar-refractivity contribution in [3.63, 3.8) is 0 Å². The fraction of sp³-hybridized carbons (Fsp3) is 0.429. The van der Waals surface area contributed by atoms with Gasteiger partial charge in [0, 0.05) is 25.3 Å². The molecule has 5 rings (SSSR count). The van der Waals surface area contributed by atoms with Gasteiger partial charge in [-0.05, 0) is 61.6 Å². The summed E-state index contributed by atoms with van der Waals surface area (Å²) in [7, 11) is -3.92. The second-order valence-electron chi connectivity index (χ2n) is 9.99. The van der Waals surface area contributed by atoms with Crippen LogP contribution in [0.25, 0.3) is 0 Å². The first-order valence-electron chi connectivity index (χ1n) is 13.1. The van der Waals surface area contributed by atoms with Crippen LogP contribution in [0.5, 0.6) is 0 Å². The summed E-state index contributed by atoms with van der Waals surface area (Å²) in [5.74, 6) is -1.70. The molecule has 2 atom stereocenters. The van der Waals surface area contributed by atoms with Gasteiger partial charge in [-0.3, -0.25) is 4.79 Å². The molecule has 0 aliphatic carbocycles. The van der Waals surface area contributed by atoms with Crippen LogP contribution in [-0.4, -0.2) is 60.7 Å². The molecule has 2 aromatic carbocycles. The maximum atomic E-state index is 13.9. The van der Waals surface area contributed by atoms with Crippen molar-refractivity contribution in [2.75, 3.05) is 19.8 Å². The standard InChI is InChI=1S/C28H31F2N3O5S/c29-22-10-8-20(9-11-22)19-39(35,36)28-31-15-24(33(28)18-26-7-3-13-38-26)16-32(17-25-6-2-12-37-25)27(34)21-4-1-5-23(30)14-21/h1,4-5,8-11,14-15,25-26H,2-3,6-7,12-13,16-19H2/t25-,26+/m1/s1. The number of hydrogen-bond acceptors (Lipinski definition) is 6. The Labute approximate surface area is 226 Å². The van der Waals surface area contributed by atoms with Crippen LogP contribution in [0, 0.1) is 11.6 Å². The number of rotatable bonds is 10. The van der Waals surface area contributed by atoms with Crippen LogP contribution in [0.1, 0.15) is 47.3 Å². The number of sulfone groups is 1. The zero-order valence-corrected chi connectivity index (χ0v) is 22.3. The summed E-state index contributed by atoms with van der Waals surface area (Å²) in [5, 5.41) is -0.132. The van der Waals surface area contributed by atoms with E-state index in [9.17, 15) is 22.0 Å². The maximum Gasteiger partial charge on any atom is 0.254 e. The number of hydrogen-bond donors (Lipinski definition) is 0. The molecule has 11 heteroatoms. The molecule has 2 fully saturated rings. The van der Waals surface area contributed by atoms with Crippen LogP contribution >= 0.6 is 0 Å². The molecule has 3 heterocycles. The van der Waals surface area contributed by atoms with E-state index in [-0.39, 0.29) is 54.2 Å². The Morgan fingerprint density at radius 2 is 1.72 bits per heavy atom. The van der Waals surface area contributed by atoms with Crippen LogP contribution in [0.4, 0.5) is 8.78 Å². The van der Waals surface area contributed by atoms with Crippen LogP contribution < -0.4 is 0 Å². The zero-order chi connectivity index (χ0) is 27.4. The minimum atomic E-state index is -3.92. The first-order valence-corrected chi connectivity index (χ1v) is 14.7. The van der Waals surface area contributed by atoms with Crippen molar-refractivity contribution in [1.29, 1.82) is 0 Å². The van der Waals surface area contributed by atoms with E-state index in [1.807, 2.05) is 0 Å². The summed E-state index contributed by atoms with van der Waals surface area (Å²) < 4.78 is 67.5. The smallest absolute Gasteiger partial charge is 0.254 e. The largest absolute Gasteiger partial charge is 0.376 e. The average molecular weight is 560 g/mol. The Balaban J connectivity index is 1.47. The maximum absolute atomic E-state index is 13.9. The third kappa shape index (κ3) is 6.71. The normalized spacial score (nSPS) is 19.4. The number of benzene rings is 2. The third-order valence-electron chi connectivity index (χ3n) is 7.02. The monoisotopic (exact) mass is 559 g/mol. The Kier molecular flexibility index (Phi) is 8.39. The minimum Gasteiger partial charge on any atom is -0.376 e. The molecule has 0 spiro atoms. The van der Waals surface area contributed by atoms with Gasteiger partial charge in [-0.25, -0.2) is 22.2 Å². The summed E-state index contributed by atoms with van der Waals surface area (Å²) in [4.78, 5) is 19.4. The van der Waals surface area contributed by atoms with E-state index in [0.29, 0.717) is 24.5 Å². The molecular weight excluding hydrogens is 528 g/mol. The lowest BCUT2D eigenvalue weighted by molar-refractivity contribution is 0.0496. The van der Waals surface area contributed by atoms with Gasteiger partial charge in [0.15, 0.2) is 0 Å². The summed E-state index contributed by atoms with van der Waals surface area (Å²) in [6.07, 6.45) is 4.43. The van der Waals surface area contributed by atoms with Gasteiger partial charge in [-0.2, -0.15) is 0 Å². The highest BCUT2D eigenvalue weighted by Crippen LogP contribution is 2.24.